The molecular formula is C13H12BrCl. The van der Waals surface area contributed by atoms with Gasteiger partial charge in [0, 0.05) is 4.47 Å². The molecule has 0 N–H and O–H groups in total. The van der Waals surface area contributed by atoms with Crippen LogP contribution in [0, 0.1) is 0 Å². The highest BCUT2D eigenvalue weighted by atomic mass is 79.9. The molecule has 2 rings (SSSR count). The minimum absolute atomic E-state index is 0.1000. The van der Waals surface area contributed by atoms with Crippen LogP contribution in [-0.4, -0.2) is 0 Å². The van der Waals surface area contributed by atoms with E-state index in [1.807, 2.05) is 6.07 Å². The van der Waals surface area contributed by atoms with Crippen molar-refractivity contribution in [1.82, 2.24) is 0 Å². The number of fused-ring (bicyclic) bond motifs is 1. The summed E-state index contributed by atoms with van der Waals surface area (Å²) in [7, 11) is 0. The Morgan fingerprint density at radius 1 is 1.13 bits per heavy atom. The molecule has 1 atom stereocenters. The first kappa shape index (κ1) is 11.0. The molecular weight excluding hydrogens is 272 g/mol. The number of rotatable bonds is 2. The van der Waals surface area contributed by atoms with Gasteiger partial charge < -0.3 is 0 Å². The third kappa shape index (κ3) is 2.04. The Kier molecular flexibility index (Phi) is 3.32. The fourth-order valence-electron chi connectivity index (χ4n) is 1.78. The number of hydrogen-bond acceptors (Lipinski definition) is 0. The highest BCUT2D eigenvalue weighted by Gasteiger charge is 2.10. The van der Waals surface area contributed by atoms with Crippen LogP contribution in [0.5, 0.6) is 0 Å². The van der Waals surface area contributed by atoms with E-state index in [0.29, 0.717) is 0 Å². The van der Waals surface area contributed by atoms with Gasteiger partial charge in [0.1, 0.15) is 0 Å². The Balaban J connectivity index is 2.71. The molecule has 1 unspecified atom stereocenters. The second-order valence-corrected chi connectivity index (χ2v) is 4.94. The number of hydrogen-bond donors (Lipinski definition) is 0. The van der Waals surface area contributed by atoms with Crippen molar-refractivity contribution in [2.45, 2.75) is 18.7 Å². The van der Waals surface area contributed by atoms with E-state index in [1.54, 1.807) is 0 Å². The summed E-state index contributed by atoms with van der Waals surface area (Å²) in [5.74, 6) is 0. The third-order valence-corrected chi connectivity index (χ3v) is 3.84. The van der Waals surface area contributed by atoms with Crippen molar-refractivity contribution >= 4 is 38.3 Å². The van der Waals surface area contributed by atoms with E-state index >= 15 is 0 Å². The molecule has 2 aromatic carbocycles. The summed E-state index contributed by atoms with van der Waals surface area (Å²) in [5.41, 5.74) is 1.22. The lowest BCUT2D eigenvalue weighted by Crippen LogP contribution is -1.90. The van der Waals surface area contributed by atoms with Crippen molar-refractivity contribution in [3.8, 4) is 0 Å². The standard InChI is InChI=1S/C13H12BrCl/c1-2-13(15)11-7-8-12(14)10-6-4-3-5-9(10)11/h3-8,13H,2H2,1H3. The Morgan fingerprint density at radius 3 is 2.47 bits per heavy atom. The van der Waals surface area contributed by atoms with Gasteiger partial charge in [0.2, 0.25) is 0 Å². The molecule has 0 radical (unpaired) electrons. The van der Waals surface area contributed by atoms with Crippen LogP contribution in [0.2, 0.25) is 0 Å². The van der Waals surface area contributed by atoms with Gasteiger partial charge in [0.25, 0.3) is 0 Å². The van der Waals surface area contributed by atoms with E-state index in [0.717, 1.165) is 10.9 Å². The SMILES string of the molecule is CCC(Cl)c1ccc(Br)c2ccccc12. The molecule has 0 heterocycles. The maximum atomic E-state index is 6.31. The summed E-state index contributed by atoms with van der Waals surface area (Å²) in [4.78, 5) is 0. The van der Waals surface area contributed by atoms with Crippen molar-refractivity contribution < 1.29 is 0 Å². The molecule has 0 aromatic heterocycles. The van der Waals surface area contributed by atoms with Crippen LogP contribution in [0.15, 0.2) is 40.9 Å². The first-order valence-corrected chi connectivity index (χ1v) is 6.28. The predicted octanol–water partition coefficient (Wildman–Crippen LogP) is 5.29. The van der Waals surface area contributed by atoms with Crippen LogP contribution in [0.3, 0.4) is 0 Å². The van der Waals surface area contributed by atoms with E-state index in [9.17, 15) is 0 Å². The molecule has 78 valence electrons. The van der Waals surface area contributed by atoms with Gasteiger partial charge in [0.05, 0.1) is 5.38 Å². The summed E-state index contributed by atoms with van der Waals surface area (Å²) < 4.78 is 1.13. The average molecular weight is 284 g/mol. The normalized spacial score (nSPS) is 13.0. The van der Waals surface area contributed by atoms with Crippen LogP contribution >= 0.6 is 27.5 Å². The number of benzene rings is 2. The second kappa shape index (κ2) is 4.54. The van der Waals surface area contributed by atoms with Gasteiger partial charge in [0.15, 0.2) is 0 Å². The maximum absolute atomic E-state index is 6.31. The molecule has 0 saturated heterocycles. The quantitative estimate of drug-likeness (QED) is 0.657. The minimum Gasteiger partial charge on any atom is -0.118 e. The van der Waals surface area contributed by atoms with Crippen LogP contribution in [-0.2, 0) is 0 Å². The van der Waals surface area contributed by atoms with Crippen LogP contribution < -0.4 is 0 Å². The largest absolute Gasteiger partial charge is 0.118 e. The maximum Gasteiger partial charge on any atom is 0.0588 e. The molecule has 0 fully saturated rings. The molecule has 0 nitrogen and oxygen atoms in total. The lowest BCUT2D eigenvalue weighted by molar-refractivity contribution is 0.891. The summed E-state index contributed by atoms with van der Waals surface area (Å²) in [6, 6.07) is 12.5. The van der Waals surface area contributed by atoms with Crippen LogP contribution in [0.1, 0.15) is 24.3 Å². The lowest BCUT2D eigenvalue weighted by atomic mass is 10.0. The zero-order valence-corrected chi connectivity index (χ0v) is 10.8. The molecule has 2 aromatic rings. The number of halogens is 2. The van der Waals surface area contributed by atoms with Gasteiger partial charge in [-0.1, -0.05) is 53.2 Å². The Labute approximate surface area is 103 Å². The van der Waals surface area contributed by atoms with E-state index in [1.165, 1.54) is 16.3 Å². The van der Waals surface area contributed by atoms with Gasteiger partial charge >= 0.3 is 0 Å². The van der Waals surface area contributed by atoms with Gasteiger partial charge in [-0.3, -0.25) is 0 Å². The zero-order chi connectivity index (χ0) is 10.8. The Morgan fingerprint density at radius 2 is 1.80 bits per heavy atom. The molecule has 0 amide bonds. The van der Waals surface area contributed by atoms with Crippen molar-refractivity contribution in [3.05, 3.63) is 46.4 Å². The average Bonchev–Trinajstić information content (AvgIpc) is 2.29. The monoisotopic (exact) mass is 282 g/mol. The molecule has 0 aliphatic heterocycles. The van der Waals surface area contributed by atoms with Crippen LogP contribution in [0.4, 0.5) is 0 Å². The highest BCUT2D eigenvalue weighted by Crippen LogP contribution is 2.34. The summed E-state index contributed by atoms with van der Waals surface area (Å²) >= 11 is 9.87. The van der Waals surface area contributed by atoms with Gasteiger partial charge in [-0.15, -0.1) is 11.6 Å². The minimum atomic E-state index is 0.1000. The molecule has 0 saturated carbocycles. The van der Waals surface area contributed by atoms with Gasteiger partial charge in [-0.25, -0.2) is 0 Å². The first-order valence-electron chi connectivity index (χ1n) is 5.05. The van der Waals surface area contributed by atoms with E-state index in [2.05, 4.69) is 53.2 Å². The number of alkyl halides is 1. The summed E-state index contributed by atoms with van der Waals surface area (Å²) in [6.07, 6.45) is 0.952. The fourth-order valence-corrected chi connectivity index (χ4v) is 2.45. The molecule has 0 aliphatic rings. The van der Waals surface area contributed by atoms with E-state index in [-0.39, 0.29) is 5.38 Å². The summed E-state index contributed by atoms with van der Waals surface area (Å²) in [6.45, 7) is 2.11. The molecule has 0 bridgehead atoms. The van der Waals surface area contributed by atoms with Gasteiger partial charge in [-0.2, -0.15) is 0 Å². The van der Waals surface area contributed by atoms with Crippen molar-refractivity contribution in [3.63, 3.8) is 0 Å². The smallest absolute Gasteiger partial charge is 0.0588 e. The fraction of sp³-hybridized carbons (Fsp3) is 0.231. The molecule has 0 spiro atoms. The third-order valence-electron chi connectivity index (χ3n) is 2.60. The predicted molar refractivity (Wildman–Crippen MR) is 70.5 cm³/mol. The highest BCUT2D eigenvalue weighted by molar-refractivity contribution is 9.10. The van der Waals surface area contributed by atoms with Crippen molar-refractivity contribution in [1.29, 1.82) is 0 Å². The Bertz CT molecular complexity index is 479. The summed E-state index contributed by atoms with van der Waals surface area (Å²) in [5, 5.41) is 2.57. The van der Waals surface area contributed by atoms with Crippen molar-refractivity contribution in [2.75, 3.05) is 0 Å². The zero-order valence-electron chi connectivity index (χ0n) is 8.50. The molecule has 2 heteroatoms. The lowest BCUT2D eigenvalue weighted by Gasteiger charge is -2.11. The topological polar surface area (TPSA) is 0 Å². The molecule has 15 heavy (non-hydrogen) atoms. The molecule has 0 aliphatic carbocycles. The van der Waals surface area contributed by atoms with Crippen LogP contribution in [0.25, 0.3) is 10.8 Å². The van der Waals surface area contributed by atoms with Gasteiger partial charge in [-0.05, 0) is 28.8 Å². The Hall–Kier alpha value is -0.530. The second-order valence-electron chi connectivity index (χ2n) is 3.56. The first-order chi connectivity index (χ1) is 7.24. The van der Waals surface area contributed by atoms with Crippen molar-refractivity contribution in [2.24, 2.45) is 0 Å². The van der Waals surface area contributed by atoms with E-state index < -0.39 is 0 Å². The van der Waals surface area contributed by atoms with E-state index in [4.69, 9.17) is 11.6 Å².